The first kappa shape index (κ1) is 16.4. The van der Waals surface area contributed by atoms with Gasteiger partial charge >= 0.3 is 6.09 Å². The molecule has 1 saturated heterocycles. The number of benzene rings is 1. The van der Waals surface area contributed by atoms with Gasteiger partial charge < -0.3 is 24.8 Å². The van der Waals surface area contributed by atoms with Gasteiger partial charge in [0.05, 0.1) is 21.3 Å². The molecular formula is C16H24N2O4. The molecule has 0 bridgehead atoms. The van der Waals surface area contributed by atoms with Crippen LogP contribution in [0.2, 0.25) is 0 Å². The molecule has 1 aliphatic rings. The highest BCUT2D eigenvalue weighted by Crippen LogP contribution is 2.29. The van der Waals surface area contributed by atoms with Gasteiger partial charge in [0, 0.05) is 19.1 Å². The molecule has 2 rings (SSSR count). The molecule has 2 N–H and O–H groups in total. The van der Waals surface area contributed by atoms with Crippen molar-refractivity contribution in [2.45, 2.75) is 18.9 Å². The molecule has 0 radical (unpaired) electrons. The Morgan fingerprint density at radius 1 is 1.23 bits per heavy atom. The van der Waals surface area contributed by atoms with Crippen LogP contribution < -0.4 is 15.2 Å². The highest BCUT2D eigenvalue weighted by atomic mass is 16.5. The van der Waals surface area contributed by atoms with Crippen molar-refractivity contribution in [3.8, 4) is 11.5 Å². The number of nitrogens with two attached hydrogens (primary N) is 1. The second kappa shape index (κ2) is 7.35. The van der Waals surface area contributed by atoms with Crippen molar-refractivity contribution in [3.63, 3.8) is 0 Å². The fraction of sp³-hybridized carbons (Fsp3) is 0.562. The van der Waals surface area contributed by atoms with E-state index >= 15 is 0 Å². The van der Waals surface area contributed by atoms with Crippen molar-refractivity contribution in [1.29, 1.82) is 0 Å². The lowest BCUT2D eigenvalue weighted by Crippen LogP contribution is -2.49. The maximum atomic E-state index is 11.7. The van der Waals surface area contributed by atoms with Crippen LogP contribution in [0.25, 0.3) is 0 Å². The Bertz CT molecular complexity index is 521. The number of hydrogen-bond acceptors (Lipinski definition) is 5. The number of hydrogen-bond donors (Lipinski definition) is 1. The predicted octanol–water partition coefficient (Wildman–Crippen LogP) is 1.66. The maximum Gasteiger partial charge on any atom is 0.409 e. The fourth-order valence-corrected chi connectivity index (χ4v) is 3.01. The van der Waals surface area contributed by atoms with Crippen LogP contribution in [0.3, 0.4) is 0 Å². The van der Waals surface area contributed by atoms with Crippen LogP contribution in [0.1, 0.15) is 12.0 Å². The third-order valence-electron chi connectivity index (χ3n) is 3.97. The minimum Gasteiger partial charge on any atom is -0.493 e. The molecule has 0 saturated carbocycles. The summed E-state index contributed by atoms with van der Waals surface area (Å²) in [7, 11) is 4.63. The molecule has 1 heterocycles. The standard InChI is InChI=1S/C16H24N2O4/c1-20-14-5-4-11(8-15(14)21-2)6-12-7-13(17)10-18(9-12)16(19)22-3/h4-5,8,12-13H,6-7,9-10,17H2,1-3H3. The molecule has 1 aromatic carbocycles. The highest BCUT2D eigenvalue weighted by molar-refractivity contribution is 5.67. The summed E-state index contributed by atoms with van der Waals surface area (Å²) in [5.74, 6) is 1.73. The van der Waals surface area contributed by atoms with Crippen molar-refractivity contribution in [3.05, 3.63) is 23.8 Å². The van der Waals surface area contributed by atoms with E-state index in [0.717, 1.165) is 18.4 Å². The van der Waals surface area contributed by atoms with Crippen molar-refractivity contribution in [2.24, 2.45) is 11.7 Å². The summed E-state index contributed by atoms with van der Waals surface area (Å²) in [6.07, 6.45) is 1.41. The van der Waals surface area contributed by atoms with Crippen molar-refractivity contribution >= 4 is 6.09 Å². The Labute approximate surface area is 131 Å². The van der Waals surface area contributed by atoms with E-state index in [1.807, 2.05) is 18.2 Å². The molecular weight excluding hydrogens is 284 g/mol. The lowest BCUT2D eigenvalue weighted by Gasteiger charge is -2.35. The van der Waals surface area contributed by atoms with Gasteiger partial charge in [-0.05, 0) is 36.5 Å². The van der Waals surface area contributed by atoms with Gasteiger partial charge in [-0.3, -0.25) is 0 Å². The molecule has 0 aliphatic carbocycles. The average molecular weight is 308 g/mol. The number of amides is 1. The Morgan fingerprint density at radius 2 is 1.95 bits per heavy atom. The molecule has 22 heavy (non-hydrogen) atoms. The monoisotopic (exact) mass is 308 g/mol. The zero-order valence-corrected chi connectivity index (χ0v) is 13.4. The number of piperidine rings is 1. The van der Waals surface area contributed by atoms with Gasteiger partial charge in [-0.15, -0.1) is 0 Å². The van der Waals surface area contributed by atoms with Crippen molar-refractivity contribution in [1.82, 2.24) is 4.90 Å². The molecule has 1 amide bonds. The van der Waals surface area contributed by atoms with E-state index in [4.69, 9.17) is 19.9 Å². The Hall–Kier alpha value is -1.95. The van der Waals surface area contributed by atoms with E-state index < -0.39 is 0 Å². The molecule has 6 nitrogen and oxygen atoms in total. The number of methoxy groups -OCH3 is 3. The molecule has 6 heteroatoms. The zero-order chi connectivity index (χ0) is 16.1. The first-order valence-electron chi connectivity index (χ1n) is 7.36. The second-order valence-electron chi connectivity index (χ2n) is 5.63. The molecule has 2 atom stereocenters. The number of nitrogens with zero attached hydrogens (tertiary/aromatic N) is 1. The summed E-state index contributed by atoms with van der Waals surface area (Å²) in [6.45, 7) is 1.21. The summed E-state index contributed by atoms with van der Waals surface area (Å²) in [5.41, 5.74) is 7.21. The first-order valence-corrected chi connectivity index (χ1v) is 7.36. The lowest BCUT2D eigenvalue weighted by molar-refractivity contribution is 0.0962. The Morgan fingerprint density at radius 3 is 2.59 bits per heavy atom. The van der Waals surface area contributed by atoms with E-state index in [1.165, 1.54) is 7.11 Å². The van der Waals surface area contributed by atoms with E-state index in [2.05, 4.69) is 0 Å². The minimum atomic E-state index is -0.313. The highest BCUT2D eigenvalue weighted by Gasteiger charge is 2.28. The minimum absolute atomic E-state index is 0.0157. The van der Waals surface area contributed by atoms with Gasteiger partial charge in [-0.1, -0.05) is 6.07 Å². The van der Waals surface area contributed by atoms with E-state index in [0.29, 0.717) is 30.5 Å². The number of carbonyl (C=O) groups is 1. The molecule has 1 aliphatic heterocycles. The van der Waals surface area contributed by atoms with Crippen molar-refractivity contribution in [2.75, 3.05) is 34.4 Å². The van der Waals surface area contributed by atoms with Crippen LogP contribution in [-0.4, -0.2) is 51.5 Å². The van der Waals surface area contributed by atoms with Gasteiger partial charge in [-0.25, -0.2) is 4.79 Å². The zero-order valence-electron chi connectivity index (χ0n) is 13.4. The molecule has 122 valence electrons. The SMILES string of the molecule is COC(=O)N1CC(N)CC(Cc2ccc(OC)c(OC)c2)C1. The van der Waals surface area contributed by atoms with Crippen LogP contribution in [0.4, 0.5) is 4.79 Å². The number of carbonyl (C=O) groups excluding carboxylic acids is 1. The summed E-state index contributed by atoms with van der Waals surface area (Å²) >= 11 is 0. The Balaban J connectivity index is 2.07. The molecule has 0 aromatic heterocycles. The summed E-state index contributed by atoms with van der Waals surface area (Å²) in [5, 5.41) is 0. The van der Waals surface area contributed by atoms with Crippen LogP contribution in [0.15, 0.2) is 18.2 Å². The van der Waals surface area contributed by atoms with Gasteiger partial charge in [0.1, 0.15) is 0 Å². The number of rotatable bonds is 4. The number of likely N-dealkylation sites (tertiary alicyclic amines) is 1. The second-order valence-corrected chi connectivity index (χ2v) is 5.63. The van der Waals surface area contributed by atoms with E-state index in [1.54, 1.807) is 19.1 Å². The largest absolute Gasteiger partial charge is 0.493 e. The summed E-state index contributed by atoms with van der Waals surface area (Å²) < 4.78 is 15.4. The molecule has 1 fully saturated rings. The van der Waals surface area contributed by atoms with Crippen molar-refractivity contribution < 1.29 is 19.0 Å². The van der Waals surface area contributed by atoms with Gasteiger partial charge in [0.2, 0.25) is 0 Å². The lowest BCUT2D eigenvalue weighted by atomic mass is 9.89. The predicted molar refractivity (Wildman–Crippen MR) is 83.3 cm³/mol. The van der Waals surface area contributed by atoms with E-state index in [-0.39, 0.29) is 12.1 Å². The fourth-order valence-electron chi connectivity index (χ4n) is 3.01. The van der Waals surface area contributed by atoms with Gasteiger partial charge in [0.25, 0.3) is 0 Å². The number of ether oxygens (including phenoxy) is 3. The molecule has 2 unspecified atom stereocenters. The van der Waals surface area contributed by atoms with Gasteiger partial charge in [-0.2, -0.15) is 0 Å². The summed E-state index contributed by atoms with van der Waals surface area (Å²) in [6, 6.07) is 5.87. The summed E-state index contributed by atoms with van der Waals surface area (Å²) in [4.78, 5) is 13.4. The molecule has 1 aromatic rings. The van der Waals surface area contributed by atoms with Crippen LogP contribution in [0, 0.1) is 5.92 Å². The third kappa shape index (κ3) is 3.82. The first-order chi connectivity index (χ1) is 10.6. The smallest absolute Gasteiger partial charge is 0.409 e. The van der Waals surface area contributed by atoms with E-state index in [9.17, 15) is 4.79 Å². The quantitative estimate of drug-likeness (QED) is 0.915. The topological polar surface area (TPSA) is 74.0 Å². The third-order valence-corrected chi connectivity index (χ3v) is 3.97. The van der Waals surface area contributed by atoms with Crippen LogP contribution in [-0.2, 0) is 11.2 Å². The maximum absolute atomic E-state index is 11.7. The normalized spacial score (nSPS) is 21.4. The van der Waals surface area contributed by atoms with Crippen LogP contribution >= 0.6 is 0 Å². The van der Waals surface area contributed by atoms with Crippen LogP contribution in [0.5, 0.6) is 11.5 Å². The average Bonchev–Trinajstić information content (AvgIpc) is 2.53. The van der Waals surface area contributed by atoms with Gasteiger partial charge in [0.15, 0.2) is 11.5 Å². The molecule has 0 spiro atoms. The Kier molecular flexibility index (Phi) is 5.49.